The summed E-state index contributed by atoms with van der Waals surface area (Å²) in [6, 6.07) is 9.03. The summed E-state index contributed by atoms with van der Waals surface area (Å²) in [5.74, 6) is 0.217. The van der Waals surface area contributed by atoms with Crippen molar-refractivity contribution in [1.29, 1.82) is 0 Å². The minimum Gasteiger partial charge on any atom is -0.352 e. The van der Waals surface area contributed by atoms with E-state index in [1.54, 1.807) is 0 Å². The SMILES string of the molecule is Cc1ccccc1CN1CCN([C@@H](C)C(=O)NC2CCCC2)CC1. The summed E-state index contributed by atoms with van der Waals surface area (Å²) in [6.07, 6.45) is 4.83. The Morgan fingerprint density at radius 1 is 1.17 bits per heavy atom. The monoisotopic (exact) mass is 329 g/mol. The maximum Gasteiger partial charge on any atom is 0.237 e. The number of hydrogen-bond donors (Lipinski definition) is 1. The third-order valence-electron chi connectivity index (χ3n) is 5.69. The highest BCUT2D eigenvalue weighted by Crippen LogP contribution is 2.18. The van der Waals surface area contributed by atoms with Gasteiger partial charge in [-0.2, -0.15) is 0 Å². The molecule has 1 amide bonds. The van der Waals surface area contributed by atoms with Crippen LogP contribution in [0.2, 0.25) is 0 Å². The Kier molecular flexibility index (Phi) is 5.90. The van der Waals surface area contributed by atoms with E-state index in [1.165, 1.54) is 24.0 Å². The predicted molar refractivity (Wildman–Crippen MR) is 97.9 cm³/mol. The molecule has 0 bridgehead atoms. The van der Waals surface area contributed by atoms with E-state index in [4.69, 9.17) is 0 Å². The first-order valence-corrected chi connectivity index (χ1v) is 9.45. The van der Waals surface area contributed by atoms with Crippen LogP contribution < -0.4 is 5.32 Å². The number of benzene rings is 1. The third kappa shape index (κ3) is 4.37. The average Bonchev–Trinajstić information content (AvgIpc) is 3.10. The molecule has 0 spiro atoms. The summed E-state index contributed by atoms with van der Waals surface area (Å²) < 4.78 is 0. The molecule has 1 saturated carbocycles. The van der Waals surface area contributed by atoms with Crippen LogP contribution >= 0.6 is 0 Å². The Morgan fingerprint density at radius 2 is 1.83 bits per heavy atom. The molecular formula is C20H31N3O. The molecule has 2 fully saturated rings. The molecule has 1 atom stereocenters. The van der Waals surface area contributed by atoms with Gasteiger partial charge in [0, 0.05) is 38.8 Å². The number of nitrogens with zero attached hydrogens (tertiary/aromatic N) is 2. The van der Waals surface area contributed by atoms with E-state index in [-0.39, 0.29) is 11.9 Å². The van der Waals surface area contributed by atoms with Gasteiger partial charge in [-0.05, 0) is 37.8 Å². The summed E-state index contributed by atoms with van der Waals surface area (Å²) in [4.78, 5) is 17.3. The van der Waals surface area contributed by atoms with Gasteiger partial charge in [-0.25, -0.2) is 0 Å². The first-order chi connectivity index (χ1) is 11.6. The highest BCUT2D eigenvalue weighted by atomic mass is 16.2. The molecule has 0 aromatic heterocycles. The van der Waals surface area contributed by atoms with Gasteiger partial charge in [0.1, 0.15) is 0 Å². The molecule has 1 aliphatic heterocycles. The van der Waals surface area contributed by atoms with Crippen molar-refractivity contribution in [3.63, 3.8) is 0 Å². The molecule has 4 heteroatoms. The molecule has 1 N–H and O–H groups in total. The highest BCUT2D eigenvalue weighted by molar-refractivity contribution is 5.81. The number of rotatable bonds is 5. The zero-order valence-electron chi connectivity index (χ0n) is 15.1. The average molecular weight is 329 g/mol. The summed E-state index contributed by atoms with van der Waals surface area (Å²) in [5.41, 5.74) is 2.78. The van der Waals surface area contributed by atoms with Crippen LogP contribution in [-0.4, -0.2) is 54.0 Å². The van der Waals surface area contributed by atoms with E-state index in [0.717, 1.165) is 45.6 Å². The van der Waals surface area contributed by atoms with E-state index in [1.807, 2.05) is 0 Å². The van der Waals surface area contributed by atoms with Gasteiger partial charge in [-0.3, -0.25) is 14.6 Å². The predicted octanol–water partition coefficient (Wildman–Crippen LogP) is 2.56. The Morgan fingerprint density at radius 3 is 2.50 bits per heavy atom. The lowest BCUT2D eigenvalue weighted by atomic mass is 10.1. The first kappa shape index (κ1) is 17.4. The second-order valence-corrected chi connectivity index (χ2v) is 7.40. The quantitative estimate of drug-likeness (QED) is 0.902. The van der Waals surface area contributed by atoms with Gasteiger partial charge in [0.05, 0.1) is 6.04 Å². The normalized spacial score (nSPS) is 21.8. The summed E-state index contributed by atoms with van der Waals surface area (Å²) >= 11 is 0. The fourth-order valence-corrected chi connectivity index (χ4v) is 3.89. The van der Waals surface area contributed by atoms with Gasteiger partial charge in [0.2, 0.25) is 5.91 Å². The number of hydrogen-bond acceptors (Lipinski definition) is 3. The van der Waals surface area contributed by atoms with Crippen molar-refractivity contribution in [2.75, 3.05) is 26.2 Å². The van der Waals surface area contributed by atoms with E-state index < -0.39 is 0 Å². The maximum absolute atomic E-state index is 12.4. The second-order valence-electron chi connectivity index (χ2n) is 7.40. The third-order valence-corrected chi connectivity index (χ3v) is 5.69. The fraction of sp³-hybridized carbons (Fsp3) is 0.650. The van der Waals surface area contributed by atoms with Crippen molar-refractivity contribution in [1.82, 2.24) is 15.1 Å². The van der Waals surface area contributed by atoms with Crippen molar-refractivity contribution in [2.24, 2.45) is 0 Å². The number of carbonyl (C=O) groups is 1. The van der Waals surface area contributed by atoms with Crippen LogP contribution in [0.25, 0.3) is 0 Å². The van der Waals surface area contributed by atoms with E-state index >= 15 is 0 Å². The van der Waals surface area contributed by atoms with Crippen molar-refractivity contribution in [3.8, 4) is 0 Å². The highest BCUT2D eigenvalue weighted by Gasteiger charge is 2.27. The van der Waals surface area contributed by atoms with Crippen LogP contribution in [0, 0.1) is 6.92 Å². The standard InChI is InChI=1S/C20H31N3O/c1-16-7-3-4-8-18(16)15-22-11-13-23(14-12-22)17(2)20(24)21-19-9-5-6-10-19/h3-4,7-8,17,19H,5-6,9-15H2,1-2H3,(H,21,24)/t17-/m0/s1. The smallest absolute Gasteiger partial charge is 0.237 e. The summed E-state index contributed by atoms with van der Waals surface area (Å²) in [5, 5.41) is 3.24. The largest absolute Gasteiger partial charge is 0.352 e. The fourth-order valence-electron chi connectivity index (χ4n) is 3.89. The Bertz CT molecular complexity index is 546. The van der Waals surface area contributed by atoms with Crippen LogP contribution in [0.4, 0.5) is 0 Å². The molecule has 1 heterocycles. The van der Waals surface area contributed by atoms with E-state index in [9.17, 15) is 4.79 Å². The molecular weight excluding hydrogens is 298 g/mol. The lowest BCUT2D eigenvalue weighted by molar-refractivity contribution is -0.127. The van der Waals surface area contributed by atoms with E-state index in [0.29, 0.717) is 6.04 Å². The van der Waals surface area contributed by atoms with Gasteiger partial charge in [-0.1, -0.05) is 37.1 Å². The van der Waals surface area contributed by atoms with E-state index in [2.05, 4.69) is 53.2 Å². The van der Waals surface area contributed by atoms with Gasteiger partial charge in [0.25, 0.3) is 0 Å². The van der Waals surface area contributed by atoms with Crippen LogP contribution in [0.1, 0.15) is 43.7 Å². The number of amides is 1. The molecule has 3 rings (SSSR count). The molecule has 1 saturated heterocycles. The molecule has 1 aromatic carbocycles. The number of carbonyl (C=O) groups excluding carboxylic acids is 1. The molecule has 0 radical (unpaired) electrons. The summed E-state index contributed by atoms with van der Waals surface area (Å²) in [6.45, 7) is 9.28. The Balaban J connectivity index is 1.45. The Labute approximate surface area is 146 Å². The van der Waals surface area contributed by atoms with Crippen LogP contribution in [0.15, 0.2) is 24.3 Å². The summed E-state index contributed by atoms with van der Waals surface area (Å²) in [7, 11) is 0. The maximum atomic E-state index is 12.4. The molecule has 1 aromatic rings. The minimum atomic E-state index is -0.00814. The van der Waals surface area contributed by atoms with Crippen molar-refractivity contribution < 1.29 is 4.79 Å². The molecule has 4 nitrogen and oxygen atoms in total. The molecule has 1 aliphatic carbocycles. The van der Waals surface area contributed by atoms with Gasteiger partial charge in [0.15, 0.2) is 0 Å². The minimum absolute atomic E-state index is 0.00814. The number of piperazine rings is 1. The number of nitrogens with one attached hydrogen (secondary N) is 1. The van der Waals surface area contributed by atoms with Crippen LogP contribution in [0.3, 0.4) is 0 Å². The molecule has 0 unspecified atom stereocenters. The Hall–Kier alpha value is -1.39. The second kappa shape index (κ2) is 8.13. The molecule has 24 heavy (non-hydrogen) atoms. The first-order valence-electron chi connectivity index (χ1n) is 9.45. The van der Waals surface area contributed by atoms with Gasteiger partial charge in [-0.15, -0.1) is 0 Å². The zero-order chi connectivity index (χ0) is 16.9. The molecule has 2 aliphatic rings. The van der Waals surface area contributed by atoms with Gasteiger partial charge >= 0.3 is 0 Å². The van der Waals surface area contributed by atoms with Gasteiger partial charge < -0.3 is 5.32 Å². The van der Waals surface area contributed by atoms with Crippen molar-refractivity contribution in [2.45, 2.75) is 58.2 Å². The lowest BCUT2D eigenvalue weighted by Gasteiger charge is -2.37. The topological polar surface area (TPSA) is 35.6 Å². The van der Waals surface area contributed by atoms with Crippen LogP contribution in [-0.2, 0) is 11.3 Å². The number of aryl methyl sites for hydroxylation is 1. The molecule has 132 valence electrons. The lowest BCUT2D eigenvalue weighted by Crippen LogP contribution is -2.54. The van der Waals surface area contributed by atoms with Crippen molar-refractivity contribution >= 4 is 5.91 Å². The zero-order valence-corrected chi connectivity index (χ0v) is 15.1. The van der Waals surface area contributed by atoms with Crippen molar-refractivity contribution in [3.05, 3.63) is 35.4 Å². The van der Waals surface area contributed by atoms with Crippen LogP contribution in [0.5, 0.6) is 0 Å².